The number of benzene rings is 3. The third-order valence-electron chi connectivity index (χ3n) is 6.99. The SMILES string of the molecule is COc1cccc2c1O[C@@]1(C)[C@@H](C(=O)Nc3ccc(C)cc3C)[C@@H]2NC(=S)N1c1ccccc1C. The predicted octanol–water partition coefficient (Wildman–Crippen LogP) is 5.42. The van der Waals surface area contributed by atoms with Crippen LogP contribution in [0.1, 0.15) is 35.2 Å². The normalized spacial score (nSPS) is 22.5. The maximum Gasteiger partial charge on any atom is 0.236 e. The van der Waals surface area contributed by atoms with Gasteiger partial charge in [-0.05, 0) is 69.2 Å². The Bertz CT molecular complexity index is 1340. The Hall–Kier alpha value is -3.58. The number of fused-ring (bicyclic) bond motifs is 4. The first kappa shape index (κ1) is 23.2. The molecular weight excluding hydrogens is 458 g/mol. The van der Waals surface area contributed by atoms with Crippen molar-refractivity contribution in [2.75, 3.05) is 17.3 Å². The summed E-state index contributed by atoms with van der Waals surface area (Å²) in [5, 5.41) is 7.13. The predicted molar refractivity (Wildman–Crippen MR) is 142 cm³/mol. The summed E-state index contributed by atoms with van der Waals surface area (Å²) < 4.78 is 12.4. The second-order valence-electron chi connectivity index (χ2n) is 9.37. The van der Waals surface area contributed by atoms with Crippen molar-refractivity contribution in [3.8, 4) is 11.5 Å². The highest BCUT2D eigenvalue weighted by molar-refractivity contribution is 7.80. The molecule has 1 saturated heterocycles. The number of nitrogens with one attached hydrogen (secondary N) is 2. The van der Waals surface area contributed by atoms with E-state index in [4.69, 9.17) is 21.7 Å². The van der Waals surface area contributed by atoms with E-state index in [0.717, 1.165) is 33.6 Å². The third-order valence-corrected chi connectivity index (χ3v) is 7.29. The van der Waals surface area contributed by atoms with E-state index < -0.39 is 17.7 Å². The van der Waals surface area contributed by atoms with Gasteiger partial charge in [0.25, 0.3) is 0 Å². The van der Waals surface area contributed by atoms with Gasteiger partial charge in [-0.2, -0.15) is 0 Å². The number of ether oxygens (including phenoxy) is 2. The van der Waals surface area contributed by atoms with Crippen LogP contribution in [0.3, 0.4) is 0 Å². The van der Waals surface area contributed by atoms with Crippen LogP contribution in [0.25, 0.3) is 0 Å². The summed E-state index contributed by atoms with van der Waals surface area (Å²) in [7, 11) is 1.62. The van der Waals surface area contributed by atoms with Gasteiger partial charge in [0.15, 0.2) is 22.3 Å². The first-order valence-corrected chi connectivity index (χ1v) is 12.1. The summed E-state index contributed by atoms with van der Waals surface area (Å²) in [5.74, 6) is 0.471. The molecule has 2 aliphatic heterocycles. The lowest BCUT2D eigenvalue weighted by molar-refractivity contribution is -0.130. The fourth-order valence-corrected chi connectivity index (χ4v) is 5.68. The first-order chi connectivity index (χ1) is 16.7. The fourth-order valence-electron chi connectivity index (χ4n) is 5.27. The van der Waals surface area contributed by atoms with Crippen molar-refractivity contribution < 1.29 is 14.3 Å². The minimum Gasteiger partial charge on any atom is -0.493 e. The van der Waals surface area contributed by atoms with Gasteiger partial charge in [0.1, 0.15) is 5.92 Å². The van der Waals surface area contributed by atoms with E-state index in [-0.39, 0.29) is 5.91 Å². The maximum atomic E-state index is 14.0. The highest BCUT2D eigenvalue weighted by atomic mass is 32.1. The number of para-hydroxylation sites is 2. The Morgan fingerprint density at radius 2 is 1.86 bits per heavy atom. The molecule has 3 aromatic carbocycles. The molecule has 2 N–H and O–H groups in total. The van der Waals surface area contributed by atoms with Crippen molar-refractivity contribution in [2.24, 2.45) is 5.92 Å². The molecule has 0 saturated carbocycles. The number of carbonyl (C=O) groups excluding carboxylic acids is 1. The Balaban J connectivity index is 1.66. The van der Waals surface area contributed by atoms with Gasteiger partial charge in [0.05, 0.1) is 13.2 Å². The molecule has 3 aromatic rings. The zero-order valence-corrected chi connectivity index (χ0v) is 21.3. The molecule has 35 heavy (non-hydrogen) atoms. The second kappa shape index (κ2) is 8.57. The molecule has 6 nitrogen and oxygen atoms in total. The van der Waals surface area contributed by atoms with Gasteiger partial charge in [-0.25, -0.2) is 0 Å². The van der Waals surface area contributed by atoms with Crippen LogP contribution in [0.2, 0.25) is 0 Å². The average molecular weight is 488 g/mol. The van der Waals surface area contributed by atoms with E-state index >= 15 is 0 Å². The molecule has 0 aromatic heterocycles. The van der Waals surface area contributed by atoms with E-state index in [1.165, 1.54) is 0 Å². The number of carbonyl (C=O) groups is 1. The van der Waals surface area contributed by atoms with Gasteiger partial charge in [-0.3, -0.25) is 9.69 Å². The van der Waals surface area contributed by atoms with Gasteiger partial charge < -0.3 is 20.1 Å². The van der Waals surface area contributed by atoms with Crippen molar-refractivity contribution in [1.82, 2.24) is 5.32 Å². The van der Waals surface area contributed by atoms with Crippen LogP contribution in [0, 0.1) is 26.7 Å². The zero-order valence-electron chi connectivity index (χ0n) is 20.5. The molecule has 0 aliphatic carbocycles. The number of anilines is 2. The Labute approximate surface area is 211 Å². The molecule has 0 spiro atoms. The van der Waals surface area contributed by atoms with E-state index in [2.05, 4.69) is 16.7 Å². The Morgan fingerprint density at radius 1 is 1.09 bits per heavy atom. The van der Waals surface area contributed by atoms with Crippen LogP contribution in [0.5, 0.6) is 11.5 Å². The number of nitrogens with zero attached hydrogens (tertiary/aromatic N) is 1. The van der Waals surface area contributed by atoms with E-state index in [1.807, 2.05) is 87.2 Å². The summed E-state index contributed by atoms with van der Waals surface area (Å²) >= 11 is 5.86. The minimum atomic E-state index is -1.11. The van der Waals surface area contributed by atoms with E-state index in [0.29, 0.717) is 16.6 Å². The number of methoxy groups -OCH3 is 1. The van der Waals surface area contributed by atoms with Crippen LogP contribution >= 0.6 is 12.2 Å². The molecule has 180 valence electrons. The van der Waals surface area contributed by atoms with Crippen molar-refractivity contribution in [1.29, 1.82) is 0 Å². The summed E-state index contributed by atoms with van der Waals surface area (Å²) in [6.45, 7) is 7.99. The fraction of sp³-hybridized carbons (Fsp3) is 0.286. The second-order valence-corrected chi connectivity index (χ2v) is 9.76. The Kier molecular flexibility index (Phi) is 5.68. The number of hydrogen-bond acceptors (Lipinski definition) is 4. The smallest absolute Gasteiger partial charge is 0.236 e. The van der Waals surface area contributed by atoms with Gasteiger partial charge in [0, 0.05) is 16.9 Å². The summed E-state index contributed by atoms with van der Waals surface area (Å²) in [6, 6.07) is 19.3. The largest absolute Gasteiger partial charge is 0.493 e. The molecule has 1 amide bonds. The summed E-state index contributed by atoms with van der Waals surface area (Å²) in [6.07, 6.45) is 0. The van der Waals surface area contributed by atoms with Crippen LogP contribution in [0.15, 0.2) is 60.7 Å². The minimum absolute atomic E-state index is 0.147. The standard InChI is InChI=1S/C28H29N3O3S/c1-16-13-14-20(18(3)15-16)29-26(32)23-24-19-10-8-12-22(33-5)25(19)34-28(23,4)31(27(35)30-24)21-11-7-6-9-17(21)2/h6-15,23-24H,1-5H3,(H,29,32)(H,30,35)/t23-,24-,28+/m1/s1. The number of hydrogen-bond donors (Lipinski definition) is 2. The van der Waals surface area contributed by atoms with Gasteiger partial charge in [-0.15, -0.1) is 0 Å². The molecular formula is C28H29N3O3S. The lowest BCUT2D eigenvalue weighted by atomic mass is 9.78. The summed E-state index contributed by atoms with van der Waals surface area (Å²) in [4.78, 5) is 16.0. The highest BCUT2D eigenvalue weighted by Gasteiger charge is 2.59. The Morgan fingerprint density at radius 3 is 2.57 bits per heavy atom. The van der Waals surface area contributed by atoms with E-state index in [1.54, 1.807) is 7.11 Å². The van der Waals surface area contributed by atoms with Crippen molar-refractivity contribution in [3.63, 3.8) is 0 Å². The molecule has 3 atom stereocenters. The van der Waals surface area contributed by atoms with Crippen LogP contribution in [0.4, 0.5) is 11.4 Å². The van der Waals surface area contributed by atoms with Gasteiger partial charge in [-0.1, -0.05) is 48.0 Å². The molecule has 0 unspecified atom stereocenters. The summed E-state index contributed by atoms with van der Waals surface area (Å²) in [5.41, 5.74) is 4.57. The molecule has 1 fully saturated rings. The van der Waals surface area contributed by atoms with Gasteiger partial charge in [0.2, 0.25) is 5.91 Å². The molecule has 2 heterocycles. The molecule has 5 rings (SSSR count). The van der Waals surface area contributed by atoms with Crippen molar-refractivity contribution in [2.45, 2.75) is 39.5 Å². The van der Waals surface area contributed by atoms with E-state index in [9.17, 15) is 4.79 Å². The highest BCUT2D eigenvalue weighted by Crippen LogP contribution is 2.52. The molecule has 7 heteroatoms. The number of aryl methyl sites for hydroxylation is 3. The maximum absolute atomic E-state index is 14.0. The van der Waals surface area contributed by atoms with Crippen LogP contribution in [-0.4, -0.2) is 23.9 Å². The van der Waals surface area contributed by atoms with Crippen molar-refractivity contribution >= 4 is 34.6 Å². The topological polar surface area (TPSA) is 62.8 Å². The first-order valence-electron chi connectivity index (χ1n) is 11.6. The average Bonchev–Trinajstić information content (AvgIpc) is 2.81. The lowest BCUT2D eigenvalue weighted by Gasteiger charge is -2.56. The quantitative estimate of drug-likeness (QED) is 0.479. The number of thiocarbonyl (C=S) groups is 1. The lowest BCUT2D eigenvalue weighted by Crippen LogP contribution is -2.72. The van der Waals surface area contributed by atoms with Gasteiger partial charge >= 0.3 is 0 Å². The van der Waals surface area contributed by atoms with Crippen LogP contribution in [-0.2, 0) is 4.79 Å². The number of rotatable bonds is 4. The monoisotopic (exact) mass is 487 g/mol. The molecule has 2 bridgehead atoms. The number of amides is 1. The van der Waals surface area contributed by atoms with Crippen LogP contribution < -0.4 is 25.0 Å². The molecule has 0 radical (unpaired) electrons. The van der Waals surface area contributed by atoms with Crippen molar-refractivity contribution in [3.05, 3.63) is 82.9 Å². The zero-order chi connectivity index (χ0) is 24.9. The third kappa shape index (κ3) is 3.71. The molecule has 2 aliphatic rings.